The van der Waals surface area contributed by atoms with Crippen molar-refractivity contribution in [1.29, 1.82) is 0 Å². The molecule has 0 aromatic carbocycles. The van der Waals surface area contributed by atoms with Gasteiger partial charge >= 0.3 is 0 Å². The minimum absolute atomic E-state index is 0.217. The van der Waals surface area contributed by atoms with Gasteiger partial charge in [-0.05, 0) is 57.4 Å². The molecule has 1 aliphatic heterocycles. The maximum Gasteiger partial charge on any atom is 0.241 e. The van der Waals surface area contributed by atoms with Gasteiger partial charge < -0.3 is 10.6 Å². The largest absolute Gasteiger partial charge is 0.326 e. The highest BCUT2D eigenvalue weighted by atomic mass is 16.2. The van der Waals surface area contributed by atoms with E-state index in [1.54, 1.807) is 0 Å². The fourth-order valence-electron chi connectivity index (χ4n) is 3.55. The Morgan fingerprint density at radius 1 is 1.38 bits per heavy atom. The standard InChI is InChI=1S/C17H29N3O/c1-13-9-10-19(11-16(13)18)12-17(21)20(15-7-8-15)14-5-3-2-4-6-14/h5,13,15-16H,2-4,6-12,18H2,1H3. The van der Waals surface area contributed by atoms with Gasteiger partial charge in [0.25, 0.3) is 0 Å². The molecule has 0 spiro atoms. The zero-order valence-electron chi connectivity index (χ0n) is 13.3. The van der Waals surface area contributed by atoms with Crippen molar-refractivity contribution in [1.82, 2.24) is 9.80 Å². The summed E-state index contributed by atoms with van der Waals surface area (Å²) in [6, 6.07) is 0.703. The third-order valence-electron chi connectivity index (χ3n) is 5.22. The van der Waals surface area contributed by atoms with Crippen LogP contribution in [0, 0.1) is 5.92 Å². The van der Waals surface area contributed by atoms with E-state index in [4.69, 9.17) is 5.73 Å². The molecule has 0 radical (unpaired) electrons. The van der Waals surface area contributed by atoms with Crippen molar-refractivity contribution in [2.45, 2.75) is 64.0 Å². The number of nitrogens with two attached hydrogens (primary N) is 1. The smallest absolute Gasteiger partial charge is 0.241 e. The molecule has 1 amide bonds. The van der Waals surface area contributed by atoms with E-state index in [2.05, 4.69) is 22.8 Å². The van der Waals surface area contributed by atoms with Crippen LogP contribution in [0.15, 0.2) is 11.8 Å². The van der Waals surface area contributed by atoms with Gasteiger partial charge in [0.05, 0.1) is 6.54 Å². The van der Waals surface area contributed by atoms with Crippen molar-refractivity contribution in [3.05, 3.63) is 11.8 Å². The number of piperidine rings is 1. The lowest BCUT2D eigenvalue weighted by Gasteiger charge is -2.36. The van der Waals surface area contributed by atoms with Gasteiger partial charge in [0.15, 0.2) is 0 Å². The van der Waals surface area contributed by atoms with E-state index in [0.29, 0.717) is 24.4 Å². The summed E-state index contributed by atoms with van der Waals surface area (Å²) in [7, 11) is 0. The van der Waals surface area contributed by atoms with E-state index in [-0.39, 0.29) is 6.04 Å². The topological polar surface area (TPSA) is 49.6 Å². The van der Waals surface area contributed by atoms with Crippen LogP contribution in [0.3, 0.4) is 0 Å². The van der Waals surface area contributed by atoms with E-state index in [1.807, 2.05) is 0 Å². The summed E-state index contributed by atoms with van der Waals surface area (Å²) >= 11 is 0. The van der Waals surface area contributed by atoms with E-state index in [9.17, 15) is 4.79 Å². The molecule has 2 fully saturated rings. The van der Waals surface area contributed by atoms with Crippen molar-refractivity contribution in [3.8, 4) is 0 Å². The molecule has 2 N–H and O–H groups in total. The van der Waals surface area contributed by atoms with Gasteiger partial charge in [-0.25, -0.2) is 0 Å². The molecule has 0 bridgehead atoms. The highest BCUT2D eigenvalue weighted by Gasteiger charge is 2.36. The summed E-state index contributed by atoms with van der Waals surface area (Å²) in [5, 5.41) is 0. The molecule has 3 aliphatic rings. The summed E-state index contributed by atoms with van der Waals surface area (Å²) in [6.45, 7) is 4.64. The number of likely N-dealkylation sites (tertiary alicyclic amines) is 1. The summed E-state index contributed by atoms with van der Waals surface area (Å²) in [6.07, 6.45) is 10.5. The van der Waals surface area contributed by atoms with Crippen LogP contribution in [0.1, 0.15) is 51.9 Å². The first-order valence-corrected chi connectivity index (χ1v) is 8.64. The number of carbonyl (C=O) groups is 1. The van der Waals surface area contributed by atoms with Crippen LogP contribution in [-0.2, 0) is 4.79 Å². The van der Waals surface area contributed by atoms with Crippen LogP contribution in [0.2, 0.25) is 0 Å². The molecule has 21 heavy (non-hydrogen) atoms. The molecule has 2 unspecified atom stereocenters. The van der Waals surface area contributed by atoms with Crippen LogP contribution >= 0.6 is 0 Å². The lowest BCUT2D eigenvalue weighted by atomic mass is 9.94. The second-order valence-electron chi connectivity index (χ2n) is 7.10. The number of hydrogen-bond donors (Lipinski definition) is 1. The van der Waals surface area contributed by atoms with Crippen LogP contribution in [-0.4, -0.2) is 47.4 Å². The minimum atomic E-state index is 0.217. The molecule has 4 heteroatoms. The van der Waals surface area contributed by atoms with E-state index in [1.165, 1.54) is 31.4 Å². The summed E-state index contributed by atoms with van der Waals surface area (Å²) in [5.41, 5.74) is 7.45. The Morgan fingerprint density at radius 3 is 2.81 bits per heavy atom. The van der Waals surface area contributed by atoms with Gasteiger partial charge in [-0.1, -0.05) is 13.0 Å². The molecule has 1 saturated heterocycles. The molecule has 118 valence electrons. The Labute approximate surface area is 128 Å². The molecule has 2 atom stereocenters. The molecule has 0 aromatic rings. The Balaban J connectivity index is 1.61. The average molecular weight is 291 g/mol. The van der Waals surface area contributed by atoms with Gasteiger partial charge in [-0.3, -0.25) is 9.69 Å². The first-order valence-electron chi connectivity index (χ1n) is 8.64. The molecule has 0 aromatic heterocycles. The molecule has 2 aliphatic carbocycles. The van der Waals surface area contributed by atoms with Gasteiger partial charge in [-0.15, -0.1) is 0 Å². The van der Waals surface area contributed by atoms with Crippen molar-refractivity contribution in [2.75, 3.05) is 19.6 Å². The number of nitrogens with zero attached hydrogens (tertiary/aromatic N) is 2. The third-order valence-corrected chi connectivity index (χ3v) is 5.22. The van der Waals surface area contributed by atoms with Crippen LogP contribution in [0.5, 0.6) is 0 Å². The van der Waals surface area contributed by atoms with Crippen molar-refractivity contribution in [2.24, 2.45) is 11.7 Å². The van der Waals surface area contributed by atoms with E-state index < -0.39 is 0 Å². The van der Waals surface area contributed by atoms with Crippen LogP contribution in [0.4, 0.5) is 0 Å². The molecular formula is C17H29N3O. The first kappa shape index (κ1) is 15.0. The highest BCUT2D eigenvalue weighted by molar-refractivity contribution is 5.80. The molecule has 3 rings (SSSR count). The quantitative estimate of drug-likeness (QED) is 0.863. The number of amides is 1. The first-order chi connectivity index (χ1) is 10.1. The van der Waals surface area contributed by atoms with Crippen molar-refractivity contribution >= 4 is 5.91 Å². The molecule has 4 nitrogen and oxygen atoms in total. The number of allylic oxidation sites excluding steroid dienone is 2. The molecular weight excluding hydrogens is 262 g/mol. The van der Waals surface area contributed by atoms with Gasteiger partial charge in [0.2, 0.25) is 5.91 Å². The Kier molecular flexibility index (Phi) is 4.65. The Morgan fingerprint density at radius 2 is 2.19 bits per heavy atom. The Hall–Kier alpha value is -0.870. The SMILES string of the molecule is CC1CCN(CC(=O)N(C2=CCCCC2)C2CC2)CC1N. The Bertz CT molecular complexity index is 416. The normalized spacial score (nSPS) is 30.9. The predicted molar refractivity (Wildman–Crippen MR) is 84.6 cm³/mol. The fourth-order valence-corrected chi connectivity index (χ4v) is 3.55. The number of rotatable bonds is 4. The summed E-state index contributed by atoms with van der Waals surface area (Å²) in [5.74, 6) is 0.879. The number of carbonyl (C=O) groups excluding carboxylic acids is 1. The summed E-state index contributed by atoms with van der Waals surface area (Å²) < 4.78 is 0. The lowest BCUT2D eigenvalue weighted by Crippen LogP contribution is -2.51. The molecule has 1 heterocycles. The second kappa shape index (κ2) is 6.49. The average Bonchev–Trinajstić information content (AvgIpc) is 3.29. The number of hydrogen-bond acceptors (Lipinski definition) is 3. The lowest BCUT2D eigenvalue weighted by molar-refractivity contribution is -0.131. The monoisotopic (exact) mass is 291 g/mol. The van der Waals surface area contributed by atoms with Crippen LogP contribution in [0.25, 0.3) is 0 Å². The van der Waals surface area contributed by atoms with Crippen molar-refractivity contribution < 1.29 is 4.79 Å². The fraction of sp³-hybridized carbons (Fsp3) is 0.824. The van der Waals surface area contributed by atoms with Gasteiger partial charge in [-0.2, -0.15) is 0 Å². The van der Waals surface area contributed by atoms with E-state index in [0.717, 1.165) is 32.4 Å². The second-order valence-corrected chi connectivity index (χ2v) is 7.10. The van der Waals surface area contributed by atoms with E-state index >= 15 is 0 Å². The predicted octanol–water partition coefficient (Wildman–Crippen LogP) is 2.10. The summed E-state index contributed by atoms with van der Waals surface area (Å²) in [4.78, 5) is 17.2. The maximum absolute atomic E-state index is 12.8. The zero-order chi connectivity index (χ0) is 14.8. The van der Waals surface area contributed by atoms with Crippen LogP contribution < -0.4 is 5.73 Å². The third kappa shape index (κ3) is 3.67. The van der Waals surface area contributed by atoms with Gasteiger partial charge in [0, 0.05) is 24.3 Å². The highest BCUT2D eigenvalue weighted by Crippen LogP contribution is 2.34. The van der Waals surface area contributed by atoms with Gasteiger partial charge in [0.1, 0.15) is 0 Å². The maximum atomic E-state index is 12.8. The minimum Gasteiger partial charge on any atom is -0.326 e. The molecule has 1 saturated carbocycles. The zero-order valence-corrected chi connectivity index (χ0v) is 13.3. The van der Waals surface area contributed by atoms with Crippen molar-refractivity contribution in [3.63, 3.8) is 0 Å².